The zero-order valence-corrected chi connectivity index (χ0v) is 9.48. The average molecular weight is 252 g/mol. The van der Waals surface area contributed by atoms with E-state index in [1.807, 2.05) is 6.07 Å². The van der Waals surface area contributed by atoms with Gasteiger partial charge in [0.2, 0.25) is 0 Å². The van der Waals surface area contributed by atoms with Gasteiger partial charge in [0, 0.05) is 9.37 Å². The SMILES string of the molecule is Cc1cc(Br)cc(SCl)c1C. The van der Waals surface area contributed by atoms with Gasteiger partial charge < -0.3 is 0 Å². The molecule has 0 heterocycles. The van der Waals surface area contributed by atoms with E-state index in [1.54, 1.807) is 0 Å². The largest absolute Gasteiger partial charge is 0.0508 e. The van der Waals surface area contributed by atoms with Gasteiger partial charge in [0.1, 0.15) is 0 Å². The van der Waals surface area contributed by atoms with Gasteiger partial charge in [-0.3, -0.25) is 0 Å². The maximum Gasteiger partial charge on any atom is 0.0276 e. The molecule has 0 saturated carbocycles. The van der Waals surface area contributed by atoms with Crippen molar-refractivity contribution in [3.8, 4) is 0 Å². The van der Waals surface area contributed by atoms with Crippen molar-refractivity contribution in [1.82, 2.24) is 0 Å². The summed E-state index contributed by atoms with van der Waals surface area (Å²) in [5.74, 6) is 0. The molecule has 0 atom stereocenters. The van der Waals surface area contributed by atoms with Crippen LogP contribution in [0.3, 0.4) is 0 Å². The molecule has 1 aromatic rings. The first-order valence-electron chi connectivity index (χ1n) is 3.20. The molecule has 0 radical (unpaired) electrons. The molecule has 0 aliphatic heterocycles. The highest BCUT2D eigenvalue weighted by atomic mass is 79.9. The minimum Gasteiger partial charge on any atom is -0.0508 e. The molecule has 11 heavy (non-hydrogen) atoms. The Balaban J connectivity index is 3.24. The van der Waals surface area contributed by atoms with Crippen molar-refractivity contribution in [2.24, 2.45) is 0 Å². The normalized spacial score (nSPS) is 10.2. The molecule has 0 bridgehead atoms. The molecule has 0 nitrogen and oxygen atoms in total. The van der Waals surface area contributed by atoms with Gasteiger partial charge in [-0.2, -0.15) is 0 Å². The predicted octanol–water partition coefficient (Wildman–Crippen LogP) is 4.31. The Bertz CT molecular complexity index is 273. The highest BCUT2D eigenvalue weighted by Gasteiger charge is 2.01. The van der Waals surface area contributed by atoms with Crippen LogP contribution in [0.5, 0.6) is 0 Å². The van der Waals surface area contributed by atoms with E-state index in [0.29, 0.717) is 0 Å². The number of aryl methyl sites for hydroxylation is 1. The average Bonchev–Trinajstić information content (AvgIpc) is 1.96. The predicted molar refractivity (Wildman–Crippen MR) is 55.3 cm³/mol. The highest BCUT2D eigenvalue weighted by Crippen LogP contribution is 2.30. The molecule has 3 heteroatoms. The summed E-state index contributed by atoms with van der Waals surface area (Å²) in [6, 6.07) is 4.12. The van der Waals surface area contributed by atoms with Crippen LogP contribution in [0.15, 0.2) is 21.5 Å². The monoisotopic (exact) mass is 250 g/mol. The van der Waals surface area contributed by atoms with Crippen molar-refractivity contribution in [2.75, 3.05) is 0 Å². The van der Waals surface area contributed by atoms with Gasteiger partial charge in [-0.25, -0.2) is 0 Å². The Labute approximate surface area is 84.0 Å². The van der Waals surface area contributed by atoms with Crippen LogP contribution >= 0.6 is 37.6 Å². The summed E-state index contributed by atoms with van der Waals surface area (Å²) < 4.78 is 1.09. The molecule has 0 aromatic heterocycles. The van der Waals surface area contributed by atoms with Crippen molar-refractivity contribution < 1.29 is 0 Å². The molecule has 60 valence electrons. The molecular weight excluding hydrogens is 244 g/mol. The molecular formula is C8H8BrClS. The van der Waals surface area contributed by atoms with Crippen molar-refractivity contribution in [1.29, 1.82) is 0 Å². The second-order valence-electron chi connectivity index (χ2n) is 2.42. The van der Waals surface area contributed by atoms with Crippen molar-refractivity contribution >= 4 is 37.6 Å². The molecule has 0 fully saturated rings. The van der Waals surface area contributed by atoms with Crippen LogP contribution in [0, 0.1) is 13.8 Å². The van der Waals surface area contributed by atoms with Crippen LogP contribution in [0.4, 0.5) is 0 Å². The Morgan fingerprint density at radius 1 is 1.36 bits per heavy atom. The Hall–Kier alpha value is 0.340. The van der Waals surface area contributed by atoms with E-state index in [9.17, 15) is 0 Å². The standard InChI is InChI=1S/C8H8BrClS/c1-5-3-7(9)4-8(11-10)6(5)2/h3-4H,1-2H3. The van der Waals surface area contributed by atoms with Gasteiger partial charge in [-0.05, 0) is 58.8 Å². The summed E-state index contributed by atoms with van der Waals surface area (Å²) in [7, 11) is 6.94. The number of halogens is 2. The van der Waals surface area contributed by atoms with Gasteiger partial charge in [0.25, 0.3) is 0 Å². The topological polar surface area (TPSA) is 0 Å². The maximum atomic E-state index is 5.67. The van der Waals surface area contributed by atoms with Gasteiger partial charge in [-0.1, -0.05) is 15.9 Å². The fourth-order valence-electron chi connectivity index (χ4n) is 0.865. The van der Waals surface area contributed by atoms with Crippen LogP contribution < -0.4 is 0 Å². The summed E-state index contributed by atoms with van der Waals surface area (Å²) in [5, 5.41) is 0. The molecule has 0 spiro atoms. The third-order valence-corrected chi connectivity index (χ3v) is 3.21. The first-order chi connectivity index (χ1) is 5.15. The van der Waals surface area contributed by atoms with E-state index in [0.717, 1.165) is 9.37 Å². The minimum absolute atomic E-state index is 1.09. The smallest absolute Gasteiger partial charge is 0.0276 e. The second-order valence-corrected chi connectivity index (χ2v) is 4.40. The Morgan fingerprint density at radius 3 is 2.55 bits per heavy atom. The number of hydrogen-bond donors (Lipinski definition) is 0. The number of hydrogen-bond acceptors (Lipinski definition) is 1. The lowest BCUT2D eigenvalue weighted by molar-refractivity contribution is 1.22. The van der Waals surface area contributed by atoms with Crippen LogP contribution in [-0.4, -0.2) is 0 Å². The van der Waals surface area contributed by atoms with Crippen molar-refractivity contribution in [3.05, 3.63) is 27.7 Å². The first-order valence-corrected chi connectivity index (χ1v) is 5.64. The van der Waals surface area contributed by atoms with Crippen LogP contribution in [-0.2, 0) is 0 Å². The maximum absolute atomic E-state index is 5.67. The van der Waals surface area contributed by atoms with Crippen molar-refractivity contribution in [2.45, 2.75) is 18.7 Å². The number of rotatable bonds is 1. The summed E-state index contributed by atoms with van der Waals surface area (Å²) in [5.41, 5.74) is 2.52. The van der Waals surface area contributed by atoms with Crippen molar-refractivity contribution in [3.63, 3.8) is 0 Å². The lowest BCUT2D eigenvalue weighted by atomic mass is 10.1. The molecule has 1 rings (SSSR count). The zero-order chi connectivity index (χ0) is 8.43. The molecule has 0 N–H and O–H groups in total. The van der Waals surface area contributed by atoms with Gasteiger partial charge in [0.15, 0.2) is 0 Å². The summed E-state index contributed by atoms with van der Waals surface area (Å²) >= 11 is 3.42. The molecule has 0 aliphatic carbocycles. The third-order valence-electron chi connectivity index (χ3n) is 1.67. The Kier molecular flexibility index (Phi) is 3.29. The fraction of sp³-hybridized carbons (Fsp3) is 0.250. The summed E-state index contributed by atoms with van der Waals surface area (Å²) in [6.07, 6.45) is 0. The number of benzene rings is 1. The fourth-order valence-corrected chi connectivity index (χ4v) is 2.52. The Morgan fingerprint density at radius 2 is 2.00 bits per heavy atom. The van der Waals surface area contributed by atoms with E-state index in [1.165, 1.54) is 22.1 Å². The third kappa shape index (κ3) is 2.14. The zero-order valence-electron chi connectivity index (χ0n) is 6.32. The van der Waals surface area contributed by atoms with E-state index in [2.05, 4.69) is 35.8 Å². The molecule has 1 aromatic carbocycles. The lowest BCUT2D eigenvalue weighted by Gasteiger charge is -2.04. The van der Waals surface area contributed by atoms with E-state index in [4.69, 9.17) is 10.7 Å². The summed E-state index contributed by atoms with van der Waals surface area (Å²) in [4.78, 5) is 1.12. The minimum atomic E-state index is 1.09. The van der Waals surface area contributed by atoms with E-state index in [-0.39, 0.29) is 0 Å². The highest BCUT2D eigenvalue weighted by molar-refractivity contribution is 9.10. The lowest BCUT2D eigenvalue weighted by Crippen LogP contribution is -1.83. The first kappa shape index (κ1) is 9.43. The van der Waals surface area contributed by atoms with E-state index >= 15 is 0 Å². The van der Waals surface area contributed by atoms with Crippen LogP contribution in [0.1, 0.15) is 11.1 Å². The quantitative estimate of drug-likeness (QED) is 0.717. The second kappa shape index (κ2) is 3.83. The van der Waals surface area contributed by atoms with Gasteiger partial charge in [0.05, 0.1) is 0 Å². The van der Waals surface area contributed by atoms with Gasteiger partial charge in [-0.15, -0.1) is 0 Å². The summed E-state index contributed by atoms with van der Waals surface area (Å²) in [6.45, 7) is 4.16. The molecule has 0 unspecified atom stereocenters. The van der Waals surface area contributed by atoms with E-state index < -0.39 is 0 Å². The van der Waals surface area contributed by atoms with Crippen LogP contribution in [0.2, 0.25) is 0 Å². The molecule has 0 amide bonds. The van der Waals surface area contributed by atoms with Crippen LogP contribution in [0.25, 0.3) is 0 Å². The molecule has 0 aliphatic rings. The molecule has 0 saturated heterocycles. The van der Waals surface area contributed by atoms with Gasteiger partial charge >= 0.3 is 0 Å².